The predicted molar refractivity (Wildman–Crippen MR) is 172 cm³/mol. The molecule has 20 heteroatoms. The van der Waals surface area contributed by atoms with Crippen LogP contribution in [0.2, 0.25) is 0 Å². The molecule has 0 N–H and O–H groups in total. The van der Waals surface area contributed by atoms with E-state index in [4.69, 9.17) is 49.4 Å². The van der Waals surface area contributed by atoms with Crippen LogP contribution in [-0.4, -0.2) is 70.4 Å². The third-order valence-corrected chi connectivity index (χ3v) is 39.1. The zero-order valence-electron chi connectivity index (χ0n) is 23.4. The van der Waals surface area contributed by atoms with Gasteiger partial charge in [0.05, 0.1) is 0 Å². The molecular formula is C24H28O12Si8. The number of hydrogen-bond donors (Lipinski definition) is 0. The van der Waals surface area contributed by atoms with Crippen molar-refractivity contribution in [3.8, 4) is 0 Å². The Morgan fingerprint density at radius 3 is 0.773 bits per heavy atom. The Hall–Kier alpha value is -1.86. The molecule has 2 aromatic rings. The van der Waals surface area contributed by atoms with Crippen LogP contribution in [0.25, 0.3) is 0 Å². The summed E-state index contributed by atoms with van der Waals surface area (Å²) in [4.78, 5) is 0. The lowest BCUT2D eigenvalue weighted by molar-refractivity contribution is -0.00513. The maximum Gasteiger partial charge on any atom is 0.515 e. The van der Waals surface area contributed by atoms with Gasteiger partial charge in [-0.1, -0.05) is 60.7 Å². The quantitative estimate of drug-likeness (QED) is 0.370. The van der Waals surface area contributed by atoms with Gasteiger partial charge < -0.3 is 49.4 Å². The van der Waals surface area contributed by atoms with Crippen LogP contribution in [0.1, 0.15) is 0 Å². The highest BCUT2D eigenvalue weighted by Crippen LogP contribution is 2.49. The lowest BCUT2D eigenvalue weighted by Crippen LogP contribution is -2.90. The first-order chi connectivity index (χ1) is 21.1. The van der Waals surface area contributed by atoms with Crippen molar-refractivity contribution in [2.24, 2.45) is 0 Å². The molecule has 4 atom stereocenters. The van der Waals surface area contributed by atoms with E-state index in [2.05, 4.69) is 39.5 Å². The smallest absolute Gasteiger partial charge is 0.367 e. The summed E-state index contributed by atoms with van der Waals surface area (Å²) in [6, 6.07) is 18.2. The van der Waals surface area contributed by atoms with Crippen LogP contribution in [0.3, 0.4) is 0 Å². The highest BCUT2D eigenvalue weighted by molar-refractivity contribution is 7.09. The summed E-state index contributed by atoms with van der Waals surface area (Å²) in [7, 11) is -34.1. The van der Waals surface area contributed by atoms with Crippen LogP contribution < -0.4 is 10.4 Å². The Kier molecular flexibility index (Phi) is 7.22. The lowest BCUT2D eigenvalue weighted by atomic mass is 10.4. The van der Waals surface area contributed by atoms with Crippen molar-refractivity contribution < 1.29 is 49.4 Å². The van der Waals surface area contributed by atoms with Crippen LogP contribution in [0.4, 0.5) is 0 Å². The van der Waals surface area contributed by atoms with Crippen molar-refractivity contribution in [1.29, 1.82) is 0 Å². The molecule has 8 rings (SSSR count). The Bertz CT molecular complexity index is 1400. The summed E-state index contributed by atoms with van der Waals surface area (Å²) >= 11 is 0. The highest BCUT2D eigenvalue weighted by Gasteiger charge is 2.82. The molecule has 6 aliphatic heterocycles. The fourth-order valence-electron chi connectivity index (χ4n) is 5.20. The summed E-state index contributed by atoms with van der Waals surface area (Å²) in [5, 5.41) is 1.05. The molecule has 6 heterocycles. The minimum absolute atomic E-state index is 0.525. The van der Waals surface area contributed by atoms with E-state index in [-0.39, 0.29) is 0 Å². The zero-order chi connectivity index (χ0) is 31.0. The predicted octanol–water partition coefficient (Wildman–Crippen LogP) is 1.93. The summed E-state index contributed by atoms with van der Waals surface area (Å²) in [6.07, 6.45) is 0. The Labute approximate surface area is 263 Å². The normalized spacial score (nSPS) is 45.5. The standard InChI is InChI=1S/C24H28O12Si8/c1-7-37-25-38(8-2)28-41(11-5)30-39(9-3,26-37)32-43(23-19-15-13-16-20-23)33-40(10-4,27-37)31-42(12-6,29-38)35-44(34-41,36-43)24-21-17-14-18-22-24/h7-22H,1-6H2. The third kappa shape index (κ3) is 4.56. The number of rotatable bonds is 8. The van der Waals surface area contributed by atoms with E-state index in [0.29, 0.717) is 10.4 Å². The molecule has 0 aliphatic carbocycles. The molecule has 6 saturated heterocycles. The largest absolute Gasteiger partial charge is 0.515 e. The second-order valence-corrected chi connectivity index (χ2v) is 32.8. The monoisotopic (exact) mass is 732 g/mol. The second kappa shape index (κ2) is 10.3. The molecule has 6 aliphatic rings. The molecule has 0 amide bonds. The first-order valence-electron chi connectivity index (χ1n) is 13.4. The minimum atomic E-state index is -4.36. The van der Waals surface area contributed by atoms with E-state index >= 15 is 0 Å². The lowest BCUT2D eigenvalue weighted by Gasteiger charge is -2.60. The van der Waals surface area contributed by atoms with Gasteiger partial charge in [0.2, 0.25) is 0 Å². The SMILES string of the molecule is C=C[Si]12O[Si]3(C=C)O[Si]4(C=C)O[Si](C=C)(O1)O[Si]1(c5ccccc5)O[Si](C=C)(O2)O[Si](C=C)(O3)O[Si](c2ccccc2)(O4)O1. The molecule has 0 aromatic heterocycles. The maximum absolute atomic E-state index is 7.24. The molecule has 44 heavy (non-hydrogen) atoms. The Morgan fingerprint density at radius 2 is 0.545 bits per heavy atom. The van der Waals surface area contributed by atoms with E-state index in [1.807, 2.05) is 36.4 Å². The van der Waals surface area contributed by atoms with E-state index in [1.54, 1.807) is 24.3 Å². The van der Waals surface area contributed by atoms with Crippen molar-refractivity contribution in [3.05, 3.63) is 134 Å². The van der Waals surface area contributed by atoms with Gasteiger partial charge in [0.15, 0.2) is 0 Å². The molecule has 0 saturated carbocycles. The van der Waals surface area contributed by atoms with Crippen molar-refractivity contribution in [2.45, 2.75) is 0 Å². The van der Waals surface area contributed by atoms with E-state index < -0.39 is 70.4 Å². The Balaban J connectivity index is 1.64. The maximum atomic E-state index is 7.24. The van der Waals surface area contributed by atoms with Crippen LogP contribution in [0, 0.1) is 0 Å². The average molecular weight is 733 g/mol. The molecule has 0 spiro atoms. The molecule has 6 fully saturated rings. The fourth-order valence-corrected chi connectivity index (χ4v) is 46.7. The molecule has 2 aromatic carbocycles. The van der Waals surface area contributed by atoms with Gasteiger partial charge in [-0.2, -0.15) is 0 Å². The summed E-state index contributed by atoms with van der Waals surface area (Å²) in [5.74, 6) is 0. The van der Waals surface area contributed by atoms with Crippen molar-refractivity contribution in [3.63, 3.8) is 0 Å². The van der Waals surface area contributed by atoms with Gasteiger partial charge in [-0.15, -0.1) is 39.5 Å². The molecule has 4 unspecified atom stereocenters. The van der Waals surface area contributed by atoms with Gasteiger partial charge in [-0.05, 0) is 34.2 Å². The summed E-state index contributed by atoms with van der Waals surface area (Å²) < 4.78 is 83.1. The van der Waals surface area contributed by atoms with Crippen LogP contribution >= 0.6 is 0 Å². The van der Waals surface area contributed by atoms with E-state index in [0.717, 1.165) is 0 Å². The van der Waals surface area contributed by atoms with Crippen LogP contribution in [-0.2, 0) is 49.4 Å². The van der Waals surface area contributed by atoms with Gasteiger partial charge in [-0.25, -0.2) is 0 Å². The topological polar surface area (TPSA) is 111 Å². The molecular weight excluding hydrogens is 705 g/mol. The first-order valence-corrected chi connectivity index (χ1v) is 27.7. The van der Waals surface area contributed by atoms with Gasteiger partial charge in [0.25, 0.3) is 0 Å². The van der Waals surface area contributed by atoms with Gasteiger partial charge in [0, 0.05) is 10.4 Å². The fraction of sp³-hybridized carbons (Fsp3) is 0. The molecule has 12 nitrogen and oxygen atoms in total. The average Bonchev–Trinajstić information content (AvgIpc) is 3.01. The van der Waals surface area contributed by atoms with Gasteiger partial charge in [-0.3, -0.25) is 0 Å². The van der Waals surface area contributed by atoms with E-state index in [1.165, 1.54) is 34.2 Å². The Morgan fingerprint density at radius 1 is 0.318 bits per heavy atom. The van der Waals surface area contributed by atoms with Crippen molar-refractivity contribution >= 4 is 80.8 Å². The van der Waals surface area contributed by atoms with Crippen LogP contribution in [0.5, 0.6) is 0 Å². The van der Waals surface area contributed by atoms with Crippen LogP contribution in [0.15, 0.2) is 134 Å². The van der Waals surface area contributed by atoms with Gasteiger partial charge >= 0.3 is 70.4 Å². The van der Waals surface area contributed by atoms with Crippen molar-refractivity contribution in [1.82, 2.24) is 0 Å². The third-order valence-electron chi connectivity index (χ3n) is 7.12. The first kappa shape index (κ1) is 30.8. The number of benzene rings is 2. The van der Waals surface area contributed by atoms with Gasteiger partial charge in [0.1, 0.15) is 0 Å². The zero-order valence-corrected chi connectivity index (χ0v) is 31.4. The second-order valence-electron chi connectivity index (χ2n) is 9.92. The molecule has 8 bridgehead atoms. The summed E-state index contributed by atoms with van der Waals surface area (Å²) in [6.45, 7) is 24.2. The highest BCUT2D eigenvalue weighted by atomic mass is 28.6. The summed E-state index contributed by atoms with van der Waals surface area (Å²) in [5.41, 5.74) is 8.48. The van der Waals surface area contributed by atoms with E-state index in [9.17, 15) is 0 Å². The molecule has 0 radical (unpaired) electrons. The minimum Gasteiger partial charge on any atom is -0.367 e. The number of hydrogen-bond acceptors (Lipinski definition) is 12. The van der Waals surface area contributed by atoms with Crippen molar-refractivity contribution in [2.75, 3.05) is 0 Å². The molecule has 228 valence electrons.